The lowest BCUT2D eigenvalue weighted by Gasteiger charge is -2.02. The van der Waals surface area contributed by atoms with E-state index in [-0.39, 0.29) is 0 Å². The van der Waals surface area contributed by atoms with E-state index in [4.69, 9.17) is 0 Å². The van der Waals surface area contributed by atoms with Crippen molar-refractivity contribution < 1.29 is 26.7 Å². The topological polar surface area (TPSA) is 17.1 Å². The van der Waals surface area contributed by atoms with Gasteiger partial charge in [-0.3, -0.25) is 4.79 Å². The summed E-state index contributed by atoms with van der Waals surface area (Å²) >= 11 is 0. The van der Waals surface area contributed by atoms with Crippen molar-refractivity contribution in [1.29, 1.82) is 0 Å². The van der Waals surface area contributed by atoms with E-state index in [2.05, 4.69) is 0 Å². The number of hydrogen-bond acceptors (Lipinski definition) is 1. The first-order chi connectivity index (χ1) is 4.39. The molecule has 10 heavy (non-hydrogen) atoms. The van der Waals surface area contributed by atoms with E-state index in [1.165, 1.54) is 0 Å². The van der Waals surface area contributed by atoms with Crippen molar-refractivity contribution in [1.82, 2.24) is 0 Å². The molecule has 1 nitrogen and oxygen atoms in total. The lowest BCUT2D eigenvalue weighted by atomic mass is 10.3. The highest BCUT2D eigenvalue weighted by molar-refractivity contribution is 5.88. The Hall–Kier alpha value is -0.940. The first-order valence-corrected chi connectivity index (χ1v) is 1.97. The summed E-state index contributed by atoms with van der Waals surface area (Å²) < 4.78 is 55.9. The highest BCUT2D eigenvalue weighted by Gasteiger charge is 2.39. The summed E-state index contributed by atoms with van der Waals surface area (Å²) in [6.45, 7) is 0. The first kappa shape index (κ1) is 9.06. The van der Waals surface area contributed by atoms with Gasteiger partial charge < -0.3 is 0 Å². The van der Waals surface area contributed by atoms with Gasteiger partial charge in [-0.15, -0.1) is 0 Å². The number of allylic oxidation sites excluding steroid dienone is 1. The normalized spacial score (nSPS) is 13.5. The van der Waals surface area contributed by atoms with Gasteiger partial charge in [-0.2, -0.15) is 17.6 Å². The number of halogens is 5. The van der Waals surface area contributed by atoms with Crippen molar-refractivity contribution in [2.45, 2.75) is 6.18 Å². The fourth-order valence-electron chi connectivity index (χ4n) is 0.216. The Morgan fingerprint density at radius 2 is 1.70 bits per heavy atom. The monoisotopic (exact) mass is 160 g/mol. The molecule has 0 N–H and O–H groups in total. The molecular formula is C4HF5O. The number of hydrogen-bond donors (Lipinski definition) is 0. The van der Waals surface area contributed by atoms with E-state index in [9.17, 15) is 26.7 Å². The Kier molecular flexibility index (Phi) is 2.50. The zero-order valence-electron chi connectivity index (χ0n) is 4.38. The van der Waals surface area contributed by atoms with E-state index in [0.717, 1.165) is 0 Å². The fraction of sp³-hybridized carbons (Fsp3) is 0.250. The van der Waals surface area contributed by atoms with Crippen molar-refractivity contribution in [3.63, 3.8) is 0 Å². The molecule has 0 unspecified atom stereocenters. The van der Waals surface area contributed by atoms with E-state index < -0.39 is 24.1 Å². The predicted molar refractivity (Wildman–Crippen MR) is 21.4 cm³/mol. The van der Waals surface area contributed by atoms with Gasteiger partial charge in [0.15, 0.2) is 5.57 Å². The summed E-state index contributed by atoms with van der Waals surface area (Å²) in [6.07, 6.45) is -6.36. The predicted octanol–water partition coefficient (Wildman–Crippen LogP) is 1.90. The van der Waals surface area contributed by atoms with Crippen LogP contribution in [0.25, 0.3) is 0 Å². The van der Waals surface area contributed by atoms with Gasteiger partial charge in [0.1, 0.15) is 6.33 Å². The third kappa shape index (κ3) is 2.12. The van der Waals surface area contributed by atoms with Crippen LogP contribution in [0, 0.1) is 0 Å². The standard InChI is InChI=1S/C4HF5O/c5-1-2(3(6)10)4(7,8)9/h1H/b2-1+. The summed E-state index contributed by atoms with van der Waals surface area (Å²) in [5, 5.41) is 0. The minimum Gasteiger partial charge on any atom is -0.255 e. The third-order valence-corrected chi connectivity index (χ3v) is 0.626. The molecule has 58 valence electrons. The number of carbonyl (C=O) groups is 1. The molecule has 0 bridgehead atoms. The summed E-state index contributed by atoms with van der Waals surface area (Å²) in [7, 11) is 0. The lowest BCUT2D eigenvalue weighted by molar-refractivity contribution is -0.138. The average molecular weight is 160 g/mol. The Morgan fingerprint density at radius 3 is 1.70 bits per heavy atom. The van der Waals surface area contributed by atoms with Crippen molar-refractivity contribution in [2.24, 2.45) is 0 Å². The second-order valence-corrected chi connectivity index (χ2v) is 1.29. The molecule has 0 saturated heterocycles. The second-order valence-electron chi connectivity index (χ2n) is 1.29. The van der Waals surface area contributed by atoms with Crippen LogP contribution in [0.5, 0.6) is 0 Å². The zero-order chi connectivity index (χ0) is 8.36. The molecule has 0 aliphatic carbocycles. The molecule has 0 aromatic heterocycles. The van der Waals surface area contributed by atoms with Crippen molar-refractivity contribution in [3.05, 3.63) is 11.9 Å². The van der Waals surface area contributed by atoms with Crippen LogP contribution in [0.3, 0.4) is 0 Å². The second kappa shape index (κ2) is 2.76. The van der Waals surface area contributed by atoms with E-state index >= 15 is 0 Å². The Morgan fingerprint density at radius 1 is 1.30 bits per heavy atom. The van der Waals surface area contributed by atoms with E-state index in [1.807, 2.05) is 0 Å². The maximum atomic E-state index is 11.2. The highest BCUT2D eigenvalue weighted by Crippen LogP contribution is 2.26. The molecule has 0 aliphatic heterocycles. The van der Waals surface area contributed by atoms with Gasteiger partial charge in [0.05, 0.1) is 0 Å². The molecule has 0 fully saturated rings. The minimum atomic E-state index is -5.25. The largest absolute Gasteiger partial charge is 0.424 e. The molecule has 0 heterocycles. The summed E-state index contributed by atoms with van der Waals surface area (Å²) in [6, 6.07) is -2.82. The van der Waals surface area contributed by atoms with Gasteiger partial charge in [0.25, 0.3) is 0 Å². The van der Waals surface area contributed by atoms with E-state index in [0.29, 0.717) is 0 Å². The van der Waals surface area contributed by atoms with Gasteiger partial charge >= 0.3 is 12.2 Å². The van der Waals surface area contributed by atoms with Gasteiger partial charge in [0, 0.05) is 0 Å². The fourth-order valence-corrected chi connectivity index (χ4v) is 0.216. The summed E-state index contributed by atoms with van der Waals surface area (Å²) in [5.41, 5.74) is -2.42. The smallest absolute Gasteiger partial charge is 0.255 e. The van der Waals surface area contributed by atoms with Gasteiger partial charge in [-0.25, -0.2) is 4.39 Å². The van der Waals surface area contributed by atoms with Crippen LogP contribution in [-0.4, -0.2) is 12.2 Å². The molecule has 0 radical (unpaired) electrons. The van der Waals surface area contributed by atoms with Gasteiger partial charge in [-0.1, -0.05) is 0 Å². The maximum absolute atomic E-state index is 11.2. The quantitative estimate of drug-likeness (QED) is 0.325. The molecule has 0 atom stereocenters. The molecule has 0 aliphatic rings. The Bertz CT molecular complexity index is 167. The zero-order valence-corrected chi connectivity index (χ0v) is 4.38. The van der Waals surface area contributed by atoms with Crippen LogP contribution in [0.4, 0.5) is 22.0 Å². The maximum Gasteiger partial charge on any atom is 0.424 e. The lowest BCUT2D eigenvalue weighted by Crippen LogP contribution is -2.16. The van der Waals surface area contributed by atoms with Gasteiger partial charge in [0.2, 0.25) is 0 Å². The SMILES string of the molecule is O=C(F)/C(=C\F)C(F)(F)F. The van der Waals surface area contributed by atoms with Crippen molar-refractivity contribution in [2.75, 3.05) is 0 Å². The third-order valence-electron chi connectivity index (χ3n) is 0.626. The van der Waals surface area contributed by atoms with Crippen LogP contribution in [0.2, 0.25) is 0 Å². The first-order valence-electron chi connectivity index (χ1n) is 1.97. The minimum absolute atomic E-state index is 1.11. The Balaban J connectivity index is 4.56. The molecule has 6 heteroatoms. The van der Waals surface area contributed by atoms with Crippen LogP contribution < -0.4 is 0 Å². The number of carbonyl (C=O) groups excluding carboxylic acids is 1. The number of rotatable bonds is 1. The number of alkyl halides is 3. The molecule has 0 saturated carbocycles. The van der Waals surface area contributed by atoms with Crippen molar-refractivity contribution >= 4 is 6.04 Å². The van der Waals surface area contributed by atoms with Crippen molar-refractivity contribution in [3.8, 4) is 0 Å². The molecule has 0 amide bonds. The van der Waals surface area contributed by atoms with Crippen LogP contribution >= 0.6 is 0 Å². The Labute approximate surface area is 52.1 Å². The summed E-state index contributed by atoms with van der Waals surface area (Å²) in [5.74, 6) is 0. The van der Waals surface area contributed by atoms with Crippen LogP contribution in [0.1, 0.15) is 0 Å². The molecule has 0 spiro atoms. The summed E-state index contributed by atoms with van der Waals surface area (Å²) in [4.78, 5) is 9.33. The molecule has 0 aromatic carbocycles. The highest BCUT2D eigenvalue weighted by atomic mass is 19.4. The molecule has 0 aromatic rings. The van der Waals surface area contributed by atoms with Gasteiger partial charge in [-0.05, 0) is 0 Å². The van der Waals surface area contributed by atoms with Crippen LogP contribution in [0.15, 0.2) is 11.9 Å². The van der Waals surface area contributed by atoms with Crippen LogP contribution in [-0.2, 0) is 4.79 Å². The van der Waals surface area contributed by atoms with E-state index in [1.54, 1.807) is 0 Å². The average Bonchev–Trinajstić information content (AvgIpc) is 1.60. The molecule has 0 rings (SSSR count). The molecular weight excluding hydrogens is 159 g/mol.